The Kier molecular flexibility index (Phi) is 5.18. The predicted molar refractivity (Wildman–Crippen MR) is 68.5 cm³/mol. The van der Waals surface area contributed by atoms with E-state index in [0.717, 1.165) is 19.3 Å². The van der Waals surface area contributed by atoms with Gasteiger partial charge in [-0.3, -0.25) is 4.79 Å². The molecule has 1 N–H and O–H groups in total. The summed E-state index contributed by atoms with van der Waals surface area (Å²) in [5, 5.41) is 1.76. The maximum atomic E-state index is 11.7. The van der Waals surface area contributed by atoms with Gasteiger partial charge < -0.3 is 5.32 Å². The Balaban J connectivity index is 2.47. The summed E-state index contributed by atoms with van der Waals surface area (Å²) >= 11 is 0. The maximum Gasteiger partial charge on any atom is 0.238 e. The number of nitrogens with one attached hydrogen (secondary N) is 1. The van der Waals surface area contributed by atoms with Crippen molar-refractivity contribution in [3.05, 3.63) is 11.6 Å². The van der Waals surface area contributed by atoms with Crippen LogP contribution in [0.5, 0.6) is 0 Å². The van der Waals surface area contributed by atoms with Gasteiger partial charge in [-0.25, -0.2) is 8.42 Å². The first-order chi connectivity index (χ1) is 7.97. The predicted octanol–water partition coefficient (Wildman–Crippen LogP) is 1.43. The number of amides is 1. The fraction of sp³-hybridized carbons (Fsp3) is 0.750. The monoisotopic (exact) mass is 259 g/mol. The van der Waals surface area contributed by atoms with Crippen LogP contribution >= 0.6 is 0 Å². The molecule has 98 valence electrons. The van der Waals surface area contributed by atoms with Crippen LogP contribution in [0.1, 0.15) is 39.5 Å². The molecule has 0 spiro atoms. The molecule has 5 heteroatoms. The largest absolute Gasteiger partial charge is 0.351 e. The molecular weight excluding hydrogens is 238 g/mol. The van der Waals surface area contributed by atoms with Gasteiger partial charge in [0.1, 0.15) is 5.25 Å². The van der Waals surface area contributed by atoms with Gasteiger partial charge in [-0.15, -0.1) is 0 Å². The van der Waals surface area contributed by atoms with Crippen LogP contribution in [0.2, 0.25) is 0 Å². The van der Waals surface area contributed by atoms with Crippen molar-refractivity contribution in [2.45, 2.75) is 44.8 Å². The van der Waals surface area contributed by atoms with Crippen molar-refractivity contribution < 1.29 is 13.2 Å². The summed E-state index contributed by atoms with van der Waals surface area (Å²) < 4.78 is 23.0. The Morgan fingerprint density at radius 1 is 1.47 bits per heavy atom. The molecule has 4 nitrogen and oxygen atoms in total. The molecule has 0 aromatic heterocycles. The van der Waals surface area contributed by atoms with E-state index in [2.05, 4.69) is 11.4 Å². The van der Waals surface area contributed by atoms with E-state index in [9.17, 15) is 13.2 Å². The molecule has 0 heterocycles. The highest BCUT2D eigenvalue weighted by Crippen LogP contribution is 2.16. The van der Waals surface area contributed by atoms with Gasteiger partial charge in [0, 0.05) is 12.3 Å². The fourth-order valence-electron chi connectivity index (χ4n) is 1.82. The average molecular weight is 259 g/mol. The van der Waals surface area contributed by atoms with Crippen LogP contribution in [0.4, 0.5) is 0 Å². The second kappa shape index (κ2) is 6.19. The normalized spacial score (nSPS) is 18.4. The van der Waals surface area contributed by atoms with Crippen LogP contribution in [-0.4, -0.2) is 31.9 Å². The lowest BCUT2D eigenvalue weighted by molar-refractivity contribution is -0.120. The van der Waals surface area contributed by atoms with Crippen LogP contribution in [0.25, 0.3) is 0 Å². The Bertz CT molecular complexity index is 398. The topological polar surface area (TPSA) is 63.2 Å². The highest BCUT2D eigenvalue weighted by molar-refractivity contribution is 7.92. The van der Waals surface area contributed by atoms with E-state index in [1.807, 2.05) is 0 Å². The van der Waals surface area contributed by atoms with Crippen LogP contribution < -0.4 is 5.32 Å². The van der Waals surface area contributed by atoms with E-state index in [1.165, 1.54) is 18.9 Å². The molecule has 0 aromatic carbocycles. The molecule has 0 aromatic rings. The van der Waals surface area contributed by atoms with Gasteiger partial charge in [-0.05, 0) is 32.6 Å². The van der Waals surface area contributed by atoms with E-state index in [4.69, 9.17) is 0 Å². The van der Waals surface area contributed by atoms with Crippen LogP contribution in [0, 0.1) is 0 Å². The summed E-state index contributed by atoms with van der Waals surface area (Å²) in [6, 6.07) is 0. The van der Waals surface area contributed by atoms with Gasteiger partial charge in [0.2, 0.25) is 5.91 Å². The molecule has 1 atom stereocenters. The minimum absolute atomic E-state index is 0.00425. The van der Waals surface area contributed by atoms with Crippen molar-refractivity contribution in [3.8, 4) is 0 Å². The highest BCUT2D eigenvalue weighted by atomic mass is 32.2. The first kappa shape index (κ1) is 14.2. The third-order valence-corrected chi connectivity index (χ3v) is 5.28. The number of sulfone groups is 1. The molecular formula is C12H21NO3S. The van der Waals surface area contributed by atoms with Crippen molar-refractivity contribution in [2.75, 3.05) is 12.3 Å². The summed E-state index contributed by atoms with van der Waals surface area (Å²) in [5.41, 5.74) is 1.21. The summed E-state index contributed by atoms with van der Waals surface area (Å²) in [4.78, 5) is 11.7. The standard InChI is InChI=1S/C12H21NO3S/c1-3-17(15,16)10(2)12(14)13-9-11-7-5-4-6-8-11/h7,10H,3-6,8-9H2,1-2H3,(H,13,14)/t10-/m1/s1. The lowest BCUT2D eigenvalue weighted by atomic mass is 10.00. The van der Waals surface area contributed by atoms with E-state index in [0.29, 0.717) is 6.54 Å². The molecule has 1 aliphatic carbocycles. The maximum absolute atomic E-state index is 11.7. The lowest BCUT2D eigenvalue weighted by Crippen LogP contribution is -2.39. The first-order valence-electron chi connectivity index (χ1n) is 6.14. The molecule has 1 amide bonds. The Hall–Kier alpha value is -0.840. The second-order valence-corrected chi connectivity index (χ2v) is 7.03. The molecule has 17 heavy (non-hydrogen) atoms. The zero-order chi connectivity index (χ0) is 12.9. The Morgan fingerprint density at radius 2 is 2.18 bits per heavy atom. The molecule has 0 aliphatic heterocycles. The molecule has 0 bridgehead atoms. The van der Waals surface area contributed by atoms with Crippen molar-refractivity contribution in [1.29, 1.82) is 0 Å². The van der Waals surface area contributed by atoms with Gasteiger partial charge >= 0.3 is 0 Å². The van der Waals surface area contributed by atoms with Crippen molar-refractivity contribution in [2.24, 2.45) is 0 Å². The number of rotatable bonds is 5. The smallest absolute Gasteiger partial charge is 0.238 e. The Morgan fingerprint density at radius 3 is 2.71 bits per heavy atom. The molecule has 0 radical (unpaired) electrons. The minimum atomic E-state index is -3.28. The summed E-state index contributed by atoms with van der Waals surface area (Å²) in [6.07, 6.45) is 6.58. The zero-order valence-corrected chi connectivity index (χ0v) is 11.3. The van der Waals surface area contributed by atoms with Gasteiger partial charge in [0.05, 0.1) is 0 Å². The van der Waals surface area contributed by atoms with Gasteiger partial charge in [0.15, 0.2) is 9.84 Å². The Labute approximate surface area is 103 Å². The summed E-state index contributed by atoms with van der Waals surface area (Å²) in [7, 11) is -3.28. The zero-order valence-electron chi connectivity index (χ0n) is 10.5. The first-order valence-corrected chi connectivity index (χ1v) is 7.86. The molecule has 1 aliphatic rings. The number of carbonyl (C=O) groups excluding carboxylic acids is 1. The van der Waals surface area contributed by atoms with E-state index in [1.54, 1.807) is 6.92 Å². The fourth-order valence-corrected chi connectivity index (χ4v) is 2.73. The molecule has 1 rings (SSSR count). The van der Waals surface area contributed by atoms with Crippen LogP contribution in [0.15, 0.2) is 11.6 Å². The third-order valence-electron chi connectivity index (χ3n) is 3.18. The highest BCUT2D eigenvalue weighted by Gasteiger charge is 2.25. The van der Waals surface area contributed by atoms with E-state index < -0.39 is 21.0 Å². The van der Waals surface area contributed by atoms with E-state index in [-0.39, 0.29) is 5.75 Å². The third kappa shape index (κ3) is 4.15. The van der Waals surface area contributed by atoms with Crippen molar-refractivity contribution in [1.82, 2.24) is 5.32 Å². The number of carbonyl (C=O) groups is 1. The molecule has 0 fully saturated rings. The number of hydrogen-bond acceptors (Lipinski definition) is 3. The molecule has 0 saturated carbocycles. The number of hydrogen-bond donors (Lipinski definition) is 1. The quantitative estimate of drug-likeness (QED) is 0.760. The molecule has 0 unspecified atom stereocenters. The summed E-state index contributed by atoms with van der Waals surface area (Å²) in [5.74, 6) is -0.386. The SMILES string of the molecule is CCS(=O)(=O)[C@H](C)C(=O)NCC1=CCCCC1. The minimum Gasteiger partial charge on any atom is -0.351 e. The van der Waals surface area contributed by atoms with Crippen LogP contribution in [-0.2, 0) is 14.6 Å². The van der Waals surface area contributed by atoms with Gasteiger partial charge in [-0.1, -0.05) is 18.6 Å². The summed E-state index contributed by atoms with van der Waals surface area (Å²) in [6.45, 7) is 3.49. The lowest BCUT2D eigenvalue weighted by Gasteiger charge is -2.15. The van der Waals surface area contributed by atoms with E-state index >= 15 is 0 Å². The van der Waals surface area contributed by atoms with Crippen molar-refractivity contribution >= 4 is 15.7 Å². The van der Waals surface area contributed by atoms with Crippen LogP contribution in [0.3, 0.4) is 0 Å². The van der Waals surface area contributed by atoms with Crippen molar-refractivity contribution in [3.63, 3.8) is 0 Å². The number of allylic oxidation sites excluding steroid dienone is 1. The molecule has 0 saturated heterocycles. The average Bonchev–Trinajstić information content (AvgIpc) is 2.36. The van der Waals surface area contributed by atoms with Gasteiger partial charge in [0.25, 0.3) is 0 Å². The second-order valence-electron chi connectivity index (χ2n) is 4.42. The van der Waals surface area contributed by atoms with Gasteiger partial charge in [-0.2, -0.15) is 0 Å².